The van der Waals surface area contributed by atoms with Crippen LogP contribution in [0.3, 0.4) is 0 Å². The molecule has 0 aliphatic heterocycles. The van der Waals surface area contributed by atoms with Gasteiger partial charge in [-0.2, -0.15) is 0 Å². The zero-order valence-corrected chi connectivity index (χ0v) is 6.46. The van der Waals surface area contributed by atoms with Gasteiger partial charge in [-0.1, -0.05) is 0 Å². The van der Waals surface area contributed by atoms with Crippen LogP contribution in [0.1, 0.15) is 22.0 Å². The summed E-state index contributed by atoms with van der Waals surface area (Å²) >= 11 is 0. The number of carbonyl (C=O) groups excluding carboxylic acids is 1. The molecular weight excluding hydrogens is 144 g/mol. The van der Waals surface area contributed by atoms with Crippen molar-refractivity contribution in [3.8, 4) is 0 Å². The van der Waals surface area contributed by atoms with Crippen LogP contribution in [-0.2, 0) is 0 Å². The van der Waals surface area contributed by atoms with Gasteiger partial charge >= 0.3 is 0 Å². The molecule has 1 rings (SSSR count). The zero-order chi connectivity index (χ0) is 8.59. The van der Waals surface area contributed by atoms with Gasteiger partial charge in [-0.3, -0.25) is 4.79 Å². The van der Waals surface area contributed by atoms with E-state index in [0.717, 1.165) is 11.4 Å². The lowest BCUT2D eigenvalue weighted by atomic mass is 10.4. The molecule has 1 aromatic rings. The smallest absolute Gasteiger partial charge is 0.286 e. The maximum absolute atomic E-state index is 10.6. The largest absolute Gasteiger partial charge is 0.363 e. The van der Waals surface area contributed by atoms with E-state index >= 15 is 0 Å². The molecule has 0 saturated carbocycles. The summed E-state index contributed by atoms with van der Waals surface area (Å²) in [5.41, 5.74) is 6.47. The second kappa shape index (κ2) is 2.26. The number of aromatic nitrogens is 2. The first kappa shape index (κ1) is 7.59. The molecule has 4 N–H and O–H groups in total. The summed E-state index contributed by atoms with van der Waals surface area (Å²) in [7, 11) is 0. The Kier molecular flexibility index (Phi) is 1.56. The first-order chi connectivity index (χ1) is 5.04. The first-order valence-electron chi connectivity index (χ1n) is 3.15. The third kappa shape index (κ3) is 1.04. The quantitative estimate of drug-likeness (QED) is 0.525. The minimum absolute atomic E-state index is 0.0972. The maximum atomic E-state index is 10.6. The molecule has 5 heteroatoms. The molecule has 0 aliphatic rings. The molecule has 0 unspecified atom stereocenters. The van der Waals surface area contributed by atoms with Gasteiger partial charge in [0.2, 0.25) is 5.82 Å². The van der Waals surface area contributed by atoms with Crippen molar-refractivity contribution in [1.82, 2.24) is 9.66 Å². The van der Waals surface area contributed by atoms with Crippen molar-refractivity contribution in [2.45, 2.75) is 13.8 Å². The third-order valence-electron chi connectivity index (χ3n) is 1.61. The normalized spacial score (nSPS) is 10.0. The van der Waals surface area contributed by atoms with E-state index in [1.807, 2.05) is 0 Å². The predicted molar refractivity (Wildman–Crippen MR) is 40.4 cm³/mol. The first-order valence-corrected chi connectivity index (χ1v) is 3.15. The van der Waals surface area contributed by atoms with Gasteiger partial charge in [0.1, 0.15) is 0 Å². The number of rotatable bonds is 1. The molecular formula is C6H10N4O. The molecule has 11 heavy (non-hydrogen) atoms. The van der Waals surface area contributed by atoms with Crippen LogP contribution in [0.25, 0.3) is 0 Å². The standard InChI is InChI=1S/C6H10N4O/c1-3-4(2)10(8)6(9-3)5(7)11/h8H2,1-2H3,(H2,7,11). The number of amides is 1. The number of hydrogen-bond donors (Lipinski definition) is 2. The second-order valence-electron chi connectivity index (χ2n) is 2.34. The topological polar surface area (TPSA) is 86.9 Å². The van der Waals surface area contributed by atoms with Crippen molar-refractivity contribution in [2.24, 2.45) is 5.73 Å². The number of nitrogen functional groups attached to an aromatic ring is 1. The molecule has 1 amide bonds. The molecule has 0 spiro atoms. The lowest BCUT2D eigenvalue weighted by molar-refractivity contribution is 0.0988. The molecule has 0 saturated heterocycles. The summed E-state index contributed by atoms with van der Waals surface area (Å²) in [6.07, 6.45) is 0. The molecule has 0 radical (unpaired) electrons. The van der Waals surface area contributed by atoms with Crippen LogP contribution in [0, 0.1) is 13.8 Å². The average molecular weight is 154 g/mol. The van der Waals surface area contributed by atoms with Crippen molar-refractivity contribution >= 4 is 5.91 Å². The molecule has 5 nitrogen and oxygen atoms in total. The molecule has 0 aliphatic carbocycles. The minimum atomic E-state index is -0.608. The Bertz CT molecular complexity index is 302. The van der Waals surface area contributed by atoms with Gasteiger partial charge in [-0.05, 0) is 13.8 Å². The highest BCUT2D eigenvalue weighted by molar-refractivity contribution is 5.89. The lowest BCUT2D eigenvalue weighted by Gasteiger charge is -1.97. The van der Waals surface area contributed by atoms with Gasteiger partial charge in [-0.15, -0.1) is 0 Å². The molecule has 0 fully saturated rings. The van der Waals surface area contributed by atoms with E-state index in [1.54, 1.807) is 13.8 Å². The summed E-state index contributed by atoms with van der Waals surface area (Å²) < 4.78 is 1.19. The van der Waals surface area contributed by atoms with Crippen LogP contribution in [-0.4, -0.2) is 15.6 Å². The van der Waals surface area contributed by atoms with Gasteiger partial charge < -0.3 is 11.6 Å². The Labute approximate surface area is 64.0 Å². The zero-order valence-electron chi connectivity index (χ0n) is 6.46. The summed E-state index contributed by atoms with van der Waals surface area (Å²) in [5.74, 6) is 4.95. The van der Waals surface area contributed by atoms with Gasteiger partial charge in [0.15, 0.2) is 0 Å². The number of imidazole rings is 1. The van der Waals surface area contributed by atoms with Crippen molar-refractivity contribution in [2.75, 3.05) is 5.84 Å². The van der Waals surface area contributed by atoms with E-state index in [1.165, 1.54) is 4.68 Å². The van der Waals surface area contributed by atoms with Gasteiger partial charge in [0, 0.05) is 0 Å². The SMILES string of the molecule is Cc1nc(C(N)=O)n(N)c1C. The second-order valence-corrected chi connectivity index (χ2v) is 2.34. The number of primary amides is 1. The van der Waals surface area contributed by atoms with Crippen LogP contribution in [0.4, 0.5) is 0 Å². The Morgan fingerprint density at radius 3 is 2.27 bits per heavy atom. The number of hydrogen-bond acceptors (Lipinski definition) is 3. The Morgan fingerprint density at radius 2 is 2.09 bits per heavy atom. The van der Waals surface area contributed by atoms with E-state index in [2.05, 4.69) is 4.98 Å². The van der Waals surface area contributed by atoms with Gasteiger partial charge in [-0.25, -0.2) is 9.66 Å². The summed E-state index contributed by atoms with van der Waals surface area (Å²) in [5, 5.41) is 0. The summed E-state index contributed by atoms with van der Waals surface area (Å²) in [6.45, 7) is 3.54. The number of nitrogens with two attached hydrogens (primary N) is 2. The minimum Gasteiger partial charge on any atom is -0.363 e. The molecule has 0 atom stereocenters. The van der Waals surface area contributed by atoms with Crippen molar-refractivity contribution in [1.29, 1.82) is 0 Å². The van der Waals surface area contributed by atoms with Crippen molar-refractivity contribution in [3.63, 3.8) is 0 Å². The third-order valence-corrected chi connectivity index (χ3v) is 1.61. The van der Waals surface area contributed by atoms with Gasteiger partial charge in [0.25, 0.3) is 5.91 Å². The number of carbonyl (C=O) groups is 1. The van der Waals surface area contributed by atoms with E-state index in [0.29, 0.717) is 0 Å². The Hall–Kier alpha value is -1.52. The number of aryl methyl sites for hydroxylation is 1. The van der Waals surface area contributed by atoms with Crippen LogP contribution < -0.4 is 11.6 Å². The molecule has 0 aromatic carbocycles. The molecule has 1 aromatic heterocycles. The Morgan fingerprint density at radius 1 is 1.55 bits per heavy atom. The van der Waals surface area contributed by atoms with Crippen molar-refractivity contribution in [3.05, 3.63) is 17.2 Å². The molecule has 1 heterocycles. The van der Waals surface area contributed by atoms with Gasteiger partial charge in [0.05, 0.1) is 11.4 Å². The molecule has 0 bridgehead atoms. The van der Waals surface area contributed by atoms with E-state index in [4.69, 9.17) is 11.6 Å². The predicted octanol–water partition coefficient (Wildman–Crippen LogP) is -0.687. The van der Waals surface area contributed by atoms with Crippen LogP contribution >= 0.6 is 0 Å². The van der Waals surface area contributed by atoms with E-state index < -0.39 is 5.91 Å². The highest BCUT2D eigenvalue weighted by Crippen LogP contribution is 2.04. The lowest BCUT2D eigenvalue weighted by Crippen LogP contribution is -2.23. The highest BCUT2D eigenvalue weighted by atomic mass is 16.1. The van der Waals surface area contributed by atoms with Crippen LogP contribution in [0.5, 0.6) is 0 Å². The summed E-state index contributed by atoms with van der Waals surface area (Å²) in [6, 6.07) is 0. The fourth-order valence-corrected chi connectivity index (χ4v) is 0.801. The Balaban J connectivity index is 3.29. The number of nitrogens with zero attached hydrogens (tertiary/aromatic N) is 2. The van der Waals surface area contributed by atoms with Crippen LogP contribution in [0.15, 0.2) is 0 Å². The van der Waals surface area contributed by atoms with Crippen molar-refractivity contribution < 1.29 is 4.79 Å². The maximum Gasteiger partial charge on any atom is 0.286 e. The fraction of sp³-hybridized carbons (Fsp3) is 0.333. The fourth-order valence-electron chi connectivity index (χ4n) is 0.801. The monoisotopic (exact) mass is 154 g/mol. The highest BCUT2D eigenvalue weighted by Gasteiger charge is 2.12. The van der Waals surface area contributed by atoms with E-state index in [9.17, 15) is 4.79 Å². The summed E-state index contributed by atoms with van der Waals surface area (Å²) in [4.78, 5) is 14.5. The average Bonchev–Trinajstić information content (AvgIpc) is 2.17. The van der Waals surface area contributed by atoms with E-state index in [-0.39, 0.29) is 5.82 Å². The van der Waals surface area contributed by atoms with Crippen LogP contribution in [0.2, 0.25) is 0 Å². The molecule has 60 valence electrons.